The number of aryl methyl sites for hydroxylation is 2. The summed E-state index contributed by atoms with van der Waals surface area (Å²) in [5, 5.41) is 13.6. The lowest BCUT2D eigenvalue weighted by Crippen LogP contribution is -2.31. The minimum absolute atomic E-state index is 0.112. The Hall–Kier alpha value is -2.30. The Morgan fingerprint density at radius 2 is 1.85 bits per heavy atom. The fraction of sp³-hybridized carbons (Fsp3) is 0.353. The molecule has 146 valence electrons. The largest absolute Gasteiger partial charge is 0.321 e. The van der Waals surface area contributed by atoms with Crippen LogP contribution in [0.5, 0.6) is 0 Å². The summed E-state index contributed by atoms with van der Waals surface area (Å²) in [7, 11) is -3.67. The van der Waals surface area contributed by atoms with Crippen LogP contribution in [0.4, 0.5) is 11.4 Å². The van der Waals surface area contributed by atoms with Gasteiger partial charge in [0.25, 0.3) is 11.6 Å². The minimum Gasteiger partial charge on any atom is -0.321 e. The Kier molecular flexibility index (Phi) is 6.34. The van der Waals surface area contributed by atoms with Crippen molar-refractivity contribution < 1.29 is 18.1 Å². The molecular weight excluding hydrogens is 390 g/mol. The molecule has 0 aliphatic heterocycles. The number of nitrogens with zero attached hydrogens (tertiary/aromatic N) is 2. The molecule has 0 atom stereocenters. The summed E-state index contributed by atoms with van der Waals surface area (Å²) in [5.74, 6) is -0.522. The number of anilines is 1. The fourth-order valence-electron chi connectivity index (χ4n) is 2.62. The van der Waals surface area contributed by atoms with Gasteiger partial charge in [0, 0.05) is 24.8 Å². The molecule has 2 aromatic rings. The average Bonchev–Trinajstić information content (AvgIpc) is 2.99. The lowest BCUT2D eigenvalue weighted by atomic mass is 10.2. The van der Waals surface area contributed by atoms with Crippen LogP contribution in [0, 0.1) is 24.0 Å². The maximum atomic E-state index is 12.8. The van der Waals surface area contributed by atoms with Gasteiger partial charge >= 0.3 is 0 Å². The van der Waals surface area contributed by atoms with Gasteiger partial charge < -0.3 is 5.32 Å². The van der Waals surface area contributed by atoms with Crippen molar-refractivity contribution in [1.82, 2.24) is 4.31 Å². The molecule has 0 aliphatic rings. The second-order valence-corrected chi connectivity index (χ2v) is 9.00. The van der Waals surface area contributed by atoms with Gasteiger partial charge in [-0.25, -0.2) is 8.42 Å². The summed E-state index contributed by atoms with van der Waals surface area (Å²) in [4.78, 5) is 23.6. The van der Waals surface area contributed by atoms with E-state index in [9.17, 15) is 23.3 Å². The third-order valence-corrected chi connectivity index (χ3v) is 7.31. The number of nitro groups is 1. The smallest absolute Gasteiger partial charge is 0.283 e. The standard InChI is InChI=1S/C17H21N3O5S2/c1-5-19(6-2)27(24,25)16-9-13(8-7-11(16)3)18-17(21)15-10-14(20(22)23)12(4)26-15/h7-10H,5-6H2,1-4H3,(H,18,21). The van der Waals surface area contributed by atoms with Crippen LogP contribution < -0.4 is 5.32 Å². The minimum atomic E-state index is -3.67. The van der Waals surface area contributed by atoms with E-state index in [4.69, 9.17) is 0 Å². The summed E-state index contributed by atoms with van der Waals surface area (Å²) >= 11 is 1.01. The Labute approximate surface area is 162 Å². The quantitative estimate of drug-likeness (QED) is 0.553. The van der Waals surface area contributed by atoms with E-state index >= 15 is 0 Å². The SMILES string of the molecule is CCN(CC)S(=O)(=O)c1cc(NC(=O)c2cc([N+](=O)[O-])c(C)s2)ccc1C. The first-order chi connectivity index (χ1) is 12.6. The van der Waals surface area contributed by atoms with E-state index in [1.54, 1.807) is 39.8 Å². The number of carbonyl (C=O) groups excluding carboxylic acids is 1. The van der Waals surface area contributed by atoms with E-state index in [0.717, 1.165) is 11.3 Å². The number of benzene rings is 1. The van der Waals surface area contributed by atoms with Gasteiger partial charge in [-0.1, -0.05) is 19.9 Å². The number of thiophene rings is 1. The number of hydrogen-bond donors (Lipinski definition) is 1. The Balaban J connectivity index is 2.35. The van der Waals surface area contributed by atoms with Crippen molar-refractivity contribution in [3.05, 3.63) is 49.7 Å². The molecule has 0 saturated carbocycles. The summed E-state index contributed by atoms with van der Waals surface area (Å²) in [6.07, 6.45) is 0. The van der Waals surface area contributed by atoms with Crippen LogP contribution in [-0.2, 0) is 10.0 Å². The normalized spacial score (nSPS) is 11.6. The van der Waals surface area contributed by atoms with E-state index in [0.29, 0.717) is 29.2 Å². The van der Waals surface area contributed by atoms with Crippen LogP contribution in [0.2, 0.25) is 0 Å². The Morgan fingerprint density at radius 3 is 2.37 bits per heavy atom. The second-order valence-electron chi connectivity index (χ2n) is 5.83. The molecule has 1 aromatic heterocycles. The van der Waals surface area contributed by atoms with Crippen LogP contribution in [0.15, 0.2) is 29.2 Å². The molecule has 27 heavy (non-hydrogen) atoms. The average molecular weight is 412 g/mol. The highest BCUT2D eigenvalue weighted by Gasteiger charge is 2.25. The monoisotopic (exact) mass is 411 g/mol. The maximum Gasteiger partial charge on any atom is 0.283 e. The molecule has 10 heteroatoms. The molecule has 1 N–H and O–H groups in total. The van der Waals surface area contributed by atoms with Gasteiger partial charge in [0.1, 0.15) is 0 Å². The topological polar surface area (TPSA) is 110 Å². The zero-order valence-electron chi connectivity index (χ0n) is 15.5. The van der Waals surface area contributed by atoms with E-state index in [2.05, 4.69) is 5.32 Å². The number of amides is 1. The number of hydrogen-bond acceptors (Lipinski definition) is 6. The first-order valence-corrected chi connectivity index (χ1v) is 10.5. The lowest BCUT2D eigenvalue weighted by Gasteiger charge is -2.20. The molecule has 1 aromatic carbocycles. The summed E-state index contributed by atoms with van der Waals surface area (Å²) in [6, 6.07) is 5.85. The van der Waals surface area contributed by atoms with Crippen LogP contribution in [-0.4, -0.2) is 36.6 Å². The molecule has 0 bridgehead atoms. The number of nitrogens with one attached hydrogen (secondary N) is 1. The predicted octanol–water partition coefficient (Wildman–Crippen LogP) is 3.56. The number of sulfonamides is 1. The third kappa shape index (κ3) is 4.34. The highest BCUT2D eigenvalue weighted by Crippen LogP contribution is 2.29. The lowest BCUT2D eigenvalue weighted by molar-refractivity contribution is -0.385. The Bertz CT molecular complexity index is 978. The van der Waals surface area contributed by atoms with Gasteiger partial charge in [0.2, 0.25) is 10.0 Å². The molecule has 0 unspecified atom stereocenters. The van der Waals surface area contributed by atoms with E-state index in [1.165, 1.54) is 16.4 Å². The van der Waals surface area contributed by atoms with Gasteiger partial charge in [0.05, 0.1) is 19.6 Å². The fourth-order valence-corrected chi connectivity index (χ4v) is 5.21. The van der Waals surface area contributed by atoms with Gasteiger partial charge in [-0.05, 0) is 31.5 Å². The maximum absolute atomic E-state index is 12.8. The predicted molar refractivity (Wildman–Crippen MR) is 105 cm³/mol. The first-order valence-electron chi connectivity index (χ1n) is 8.28. The van der Waals surface area contributed by atoms with Crippen LogP contribution in [0.1, 0.15) is 34.0 Å². The summed E-state index contributed by atoms with van der Waals surface area (Å²) in [5.41, 5.74) is 0.770. The van der Waals surface area contributed by atoms with E-state index in [-0.39, 0.29) is 15.5 Å². The first kappa shape index (κ1) is 21.0. The van der Waals surface area contributed by atoms with Gasteiger partial charge in [0.15, 0.2) is 0 Å². The highest BCUT2D eigenvalue weighted by atomic mass is 32.2. The van der Waals surface area contributed by atoms with E-state index < -0.39 is 20.9 Å². The number of carbonyl (C=O) groups is 1. The molecule has 0 radical (unpaired) electrons. The van der Waals surface area contributed by atoms with Crippen LogP contribution >= 0.6 is 11.3 Å². The van der Waals surface area contributed by atoms with Gasteiger partial charge in [-0.2, -0.15) is 4.31 Å². The molecule has 0 spiro atoms. The van der Waals surface area contributed by atoms with Gasteiger partial charge in [-0.3, -0.25) is 14.9 Å². The van der Waals surface area contributed by atoms with E-state index in [1.807, 2.05) is 0 Å². The van der Waals surface area contributed by atoms with Gasteiger partial charge in [-0.15, -0.1) is 11.3 Å². The van der Waals surface area contributed by atoms with Crippen molar-refractivity contribution in [2.75, 3.05) is 18.4 Å². The van der Waals surface area contributed by atoms with Crippen molar-refractivity contribution in [2.24, 2.45) is 0 Å². The molecule has 2 rings (SSSR count). The molecule has 0 saturated heterocycles. The zero-order chi connectivity index (χ0) is 20.4. The third-order valence-electron chi connectivity index (χ3n) is 4.08. The molecular formula is C17H21N3O5S2. The van der Waals surface area contributed by atoms with Crippen molar-refractivity contribution in [3.63, 3.8) is 0 Å². The second kappa shape index (κ2) is 8.15. The molecule has 8 nitrogen and oxygen atoms in total. The highest BCUT2D eigenvalue weighted by molar-refractivity contribution is 7.89. The molecule has 0 fully saturated rings. The summed E-state index contributed by atoms with van der Waals surface area (Å²) in [6.45, 7) is 7.45. The zero-order valence-corrected chi connectivity index (χ0v) is 17.1. The Morgan fingerprint density at radius 1 is 1.22 bits per heavy atom. The van der Waals surface area contributed by atoms with Crippen molar-refractivity contribution >= 4 is 38.6 Å². The summed E-state index contributed by atoms with van der Waals surface area (Å²) < 4.78 is 26.9. The van der Waals surface area contributed by atoms with Crippen molar-refractivity contribution in [2.45, 2.75) is 32.6 Å². The van der Waals surface area contributed by atoms with Crippen LogP contribution in [0.3, 0.4) is 0 Å². The molecule has 1 heterocycles. The van der Waals surface area contributed by atoms with Crippen molar-refractivity contribution in [3.8, 4) is 0 Å². The molecule has 0 aliphatic carbocycles. The number of rotatable bonds is 7. The van der Waals surface area contributed by atoms with Crippen LogP contribution in [0.25, 0.3) is 0 Å². The van der Waals surface area contributed by atoms with Crippen molar-refractivity contribution in [1.29, 1.82) is 0 Å². The molecule has 1 amide bonds.